The summed E-state index contributed by atoms with van der Waals surface area (Å²) < 4.78 is 30.4. The average molecular weight is 1170 g/mol. The summed E-state index contributed by atoms with van der Waals surface area (Å²) >= 11 is 0. The summed E-state index contributed by atoms with van der Waals surface area (Å²) in [7, 11) is 1.19. The highest BCUT2D eigenvalue weighted by atomic mass is 31.2. The number of hydrogen-bond acceptors (Lipinski definition) is 7. The van der Waals surface area contributed by atoms with Crippen LogP contribution in [0.2, 0.25) is 0 Å². The van der Waals surface area contributed by atoms with Crippen LogP contribution in [-0.2, 0) is 27.9 Å². The van der Waals surface area contributed by atoms with Gasteiger partial charge in [0.25, 0.3) is 7.82 Å². The van der Waals surface area contributed by atoms with Gasteiger partial charge in [-0.3, -0.25) is 14.2 Å². The molecule has 0 aliphatic heterocycles. The molecular formula is C72H133N2O7P. The molecule has 0 fully saturated rings. The van der Waals surface area contributed by atoms with Crippen molar-refractivity contribution >= 4 is 19.7 Å². The first-order valence-corrected chi connectivity index (χ1v) is 36.2. The number of esters is 1. The topological polar surface area (TPSA) is 114 Å². The number of amides is 1. The van der Waals surface area contributed by atoms with E-state index in [4.69, 9.17) is 13.8 Å². The molecule has 3 atom stereocenters. The molecule has 0 spiro atoms. The van der Waals surface area contributed by atoms with Gasteiger partial charge in [0.1, 0.15) is 19.3 Å². The Kier molecular flexibility index (Phi) is 59.6. The van der Waals surface area contributed by atoms with Crippen LogP contribution in [0.25, 0.3) is 0 Å². The fraction of sp³-hybridized carbons (Fsp3) is 0.806. The minimum absolute atomic E-state index is 0.0226. The monoisotopic (exact) mass is 1170 g/mol. The van der Waals surface area contributed by atoms with Crippen LogP contribution in [0.3, 0.4) is 0 Å². The Balaban J connectivity index is 5.05. The SMILES string of the molecule is CC/C=C\C/C=C\C/C=C\C/C=C\C/C=C\CCCCCCCCCCCCCC(=O)OC(/C=C/CCCCCCCCCCCC)C(COP(=O)([O-])OCC[N+](C)(C)C)NC(=O)CCCCCCCCCCCCCCCCCCC. The van der Waals surface area contributed by atoms with Crippen molar-refractivity contribution in [1.82, 2.24) is 5.32 Å². The van der Waals surface area contributed by atoms with Crippen LogP contribution in [0, 0.1) is 0 Å². The van der Waals surface area contributed by atoms with Crippen LogP contribution >= 0.6 is 7.82 Å². The summed E-state index contributed by atoms with van der Waals surface area (Å²) in [5.41, 5.74) is 0. The number of rotatable bonds is 63. The largest absolute Gasteiger partial charge is 0.756 e. The van der Waals surface area contributed by atoms with Crippen LogP contribution in [0.5, 0.6) is 0 Å². The molecule has 1 N–H and O–H groups in total. The smallest absolute Gasteiger partial charge is 0.306 e. The fourth-order valence-corrected chi connectivity index (χ4v) is 10.8. The Bertz CT molecular complexity index is 1630. The Hall–Kier alpha value is -2.55. The van der Waals surface area contributed by atoms with Gasteiger partial charge in [0.05, 0.1) is 33.8 Å². The fourth-order valence-electron chi connectivity index (χ4n) is 10.1. The average Bonchev–Trinajstić information content (AvgIpc) is 3.44. The molecule has 0 bridgehead atoms. The zero-order chi connectivity index (χ0) is 60.0. The van der Waals surface area contributed by atoms with Crippen molar-refractivity contribution < 1.29 is 37.3 Å². The van der Waals surface area contributed by atoms with Gasteiger partial charge in [0.15, 0.2) is 0 Å². The summed E-state index contributed by atoms with van der Waals surface area (Å²) in [4.78, 5) is 40.1. The summed E-state index contributed by atoms with van der Waals surface area (Å²) in [6, 6.07) is -0.889. The van der Waals surface area contributed by atoms with Gasteiger partial charge >= 0.3 is 5.97 Å². The molecule has 0 aromatic heterocycles. The van der Waals surface area contributed by atoms with E-state index in [0.29, 0.717) is 17.4 Å². The summed E-state index contributed by atoms with van der Waals surface area (Å²) in [6.45, 7) is 6.76. The number of quaternary nitrogens is 1. The lowest BCUT2D eigenvalue weighted by Crippen LogP contribution is -2.47. The highest BCUT2D eigenvalue weighted by Crippen LogP contribution is 2.38. The number of nitrogens with one attached hydrogen (secondary N) is 1. The molecule has 9 nitrogen and oxygen atoms in total. The third-order valence-corrected chi connectivity index (χ3v) is 16.4. The lowest BCUT2D eigenvalue weighted by Gasteiger charge is -2.30. The van der Waals surface area contributed by atoms with Crippen LogP contribution in [0.15, 0.2) is 72.9 Å². The van der Waals surface area contributed by atoms with E-state index in [1.54, 1.807) is 0 Å². The minimum Gasteiger partial charge on any atom is -0.756 e. The van der Waals surface area contributed by atoms with Gasteiger partial charge in [0, 0.05) is 12.8 Å². The molecule has 0 aromatic carbocycles. The molecule has 0 radical (unpaired) electrons. The first-order chi connectivity index (χ1) is 39.9. The Morgan fingerprint density at radius 3 is 1.17 bits per heavy atom. The molecule has 0 aromatic rings. The minimum atomic E-state index is -4.70. The third kappa shape index (κ3) is 62.0. The summed E-state index contributed by atoms with van der Waals surface area (Å²) in [5.74, 6) is -0.533. The Labute approximate surface area is 508 Å². The maximum absolute atomic E-state index is 13.6. The Morgan fingerprint density at radius 2 is 0.780 bits per heavy atom. The number of hydrogen-bond donors (Lipinski definition) is 1. The molecule has 0 aliphatic rings. The maximum Gasteiger partial charge on any atom is 0.306 e. The van der Waals surface area contributed by atoms with Gasteiger partial charge in [-0.05, 0) is 76.7 Å². The molecule has 0 saturated carbocycles. The highest BCUT2D eigenvalue weighted by molar-refractivity contribution is 7.45. The van der Waals surface area contributed by atoms with Crippen LogP contribution in [0.4, 0.5) is 0 Å². The first kappa shape index (κ1) is 79.5. The quantitative estimate of drug-likeness (QED) is 0.0212. The number of likely N-dealkylation sites (N-methyl/N-ethyl adjacent to an activating group) is 1. The predicted octanol–water partition coefficient (Wildman–Crippen LogP) is 21.3. The number of ether oxygens (including phenoxy) is 1. The molecule has 0 saturated heterocycles. The molecule has 0 heterocycles. The number of allylic oxidation sites excluding steroid dienone is 11. The van der Waals surface area contributed by atoms with E-state index >= 15 is 0 Å². The van der Waals surface area contributed by atoms with Gasteiger partial charge < -0.3 is 28.5 Å². The van der Waals surface area contributed by atoms with E-state index in [0.717, 1.165) is 89.9 Å². The molecule has 3 unspecified atom stereocenters. The predicted molar refractivity (Wildman–Crippen MR) is 353 cm³/mol. The summed E-state index contributed by atoms with van der Waals surface area (Å²) in [6.07, 6.45) is 80.2. The second kappa shape index (κ2) is 61.5. The second-order valence-corrected chi connectivity index (χ2v) is 26.1. The standard InChI is InChI=1S/C72H133N2O7P/c1-7-10-13-16-19-22-25-28-30-32-33-34-35-36-37-38-39-40-41-43-45-47-50-53-56-59-62-65-72(76)81-70(63-60-57-54-51-48-27-24-21-18-15-12-9-3)69(68-80-82(77,78)79-67-66-74(4,5)6)73-71(75)64-61-58-55-52-49-46-44-42-31-29-26-23-20-17-14-11-8-2/h10,13,19,22,28,30,33-34,36-37,60,63,69-70H,7-9,11-12,14-18,20-21,23-27,29,31-32,35,38-59,61-62,64-68H2,1-6H3,(H-,73,75,77,78)/b13-10-,22-19-,30-28-,34-33-,37-36-,63-60+. The van der Waals surface area contributed by atoms with Gasteiger partial charge in [-0.2, -0.15) is 0 Å². The Morgan fingerprint density at radius 1 is 0.439 bits per heavy atom. The lowest BCUT2D eigenvalue weighted by molar-refractivity contribution is -0.870. The molecule has 0 rings (SSSR count). The van der Waals surface area contributed by atoms with E-state index in [9.17, 15) is 19.0 Å². The maximum atomic E-state index is 13.6. The summed E-state index contributed by atoms with van der Waals surface area (Å²) in [5, 5.41) is 3.04. The second-order valence-electron chi connectivity index (χ2n) is 24.7. The van der Waals surface area contributed by atoms with Gasteiger partial charge in [-0.25, -0.2) is 0 Å². The zero-order valence-electron chi connectivity index (χ0n) is 54.7. The number of phosphoric acid groups is 1. The van der Waals surface area contributed by atoms with Gasteiger partial charge in [-0.1, -0.05) is 306 Å². The number of carbonyl (C=O) groups excluding carboxylic acids is 2. The van der Waals surface area contributed by atoms with E-state index in [-0.39, 0.29) is 31.5 Å². The van der Waals surface area contributed by atoms with Crippen molar-refractivity contribution in [2.75, 3.05) is 40.9 Å². The number of phosphoric ester groups is 1. The van der Waals surface area contributed by atoms with Crippen molar-refractivity contribution in [2.45, 2.75) is 335 Å². The van der Waals surface area contributed by atoms with Crippen molar-refractivity contribution in [3.8, 4) is 0 Å². The first-order valence-electron chi connectivity index (χ1n) is 34.7. The lowest BCUT2D eigenvalue weighted by atomic mass is 10.0. The van der Waals surface area contributed by atoms with E-state index in [2.05, 4.69) is 86.8 Å². The molecule has 0 aliphatic carbocycles. The molecular weight excluding hydrogens is 1040 g/mol. The van der Waals surface area contributed by atoms with Crippen LogP contribution < -0.4 is 10.2 Å². The van der Waals surface area contributed by atoms with Crippen molar-refractivity contribution in [2.24, 2.45) is 0 Å². The third-order valence-electron chi connectivity index (χ3n) is 15.4. The molecule has 1 amide bonds. The number of nitrogens with zero attached hydrogens (tertiary/aromatic N) is 1. The molecule has 478 valence electrons. The van der Waals surface area contributed by atoms with E-state index in [1.807, 2.05) is 33.3 Å². The van der Waals surface area contributed by atoms with Crippen LogP contribution in [-0.4, -0.2) is 69.4 Å². The van der Waals surface area contributed by atoms with E-state index < -0.39 is 20.0 Å². The van der Waals surface area contributed by atoms with Gasteiger partial charge in [0.2, 0.25) is 5.91 Å². The van der Waals surface area contributed by atoms with Crippen molar-refractivity contribution in [3.05, 3.63) is 72.9 Å². The molecule has 10 heteroatoms. The normalized spacial score (nSPS) is 14.0. The molecule has 82 heavy (non-hydrogen) atoms. The highest BCUT2D eigenvalue weighted by Gasteiger charge is 2.27. The van der Waals surface area contributed by atoms with Crippen molar-refractivity contribution in [3.63, 3.8) is 0 Å². The van der Waals surface area contributed by atoms with Crippen LogP contribution in [0.1, 0.15) is 323 Å². The van der Waals surface area contributed by atoms with E-state index in [1.165, 1.54) is 199 Å². The van der Waals surface area contributed by atoms with Crippen molar-refractivity contribution in [1.29, 1.82) is 0 Å². The number of unbranched alkanes of at least 4 members (excludes halogenated alkanes) is 37. The van der Waals surface area contributed by atoms with Gasteiger partial charge in [-0.15, -0.1) is 0 Å². The zero-order valence-corrected chi connectivity index (χ0v) is 55.6. The number of carbonyl (C=O) groups is 2.